The van der Waals surface area contributed by atoms with E-state index in [2.05, 4.69) is 72.7 Å². The van der Waals surface area contributed by atoms with E-state index in [0.717, 1.165) is 45.9 Å². The average Bonchev–Trinajstić information content (AvgIpc) is 3.10. The molecule has 1 unspecified atom stereocenters. The van der Waals surface area contributed by atoms with Gasteiger partial charge in [0.1, 0.15) is 0 Å². The molecule has 5 rings (SSSR count). The fourth-order valence-electron chi connectivity index (χ4n) is 4.71. The Hall–Kier alpha value is -3.14. The fraction of sp³-hybridized carbons (Fsp3) is 0.280. The number of nitrogens with zero attached hydrogens (tertiary/aromatic N) is 1. The summed E-state index contributed by atoms with van der Waals surface area (Å²) in [6.45, 7) is 6.41. The van der Waals surface area contributed by atoms with E-state index in [1.807, 2.05) is 18.2 Å². The Kier molecular flexibility index (Phi) is 3.98. The second kappa shape index (κ2) is 6.45. The number of fused-ring (bicyclic) bond motifs is 1. The SMILES string of the molecule is Cc1ccc(C2C3=C(CC(C)(C)CC3=O)Nc3n[nH]c(-c4ccccc4)c32)cc1. The first-order chi connectivity index (χ1) is 13.9. The first kappa shape index (κ1) is 17.9. The number of aromatic nitrogens is 2. The number of carbonyl (C=O) groups excluding carboxylic acids is 1. The van der Waals surface area contributed by atoms with Crippen LogP contribution in [0, 0.1) is 12.3 Å². The van der Waals surface area contributed by atoms with Gasteiger partial charge in [-0.05, 0) is 29.9 Å². The molecule has 3 aromatic rings. The van der Waals surface area contributed by atoms with E-state index in [0.29, 0.717) is 6.42 Å². The fourth-order valence-corrected chi connectivity index (χ4v) is 4.71. The molecule has 2 N–H and O–H groups in total. The van der Waals surface area contributed by atoms with Crippen LogP contribution in [0.3, 0.4) is 0 Å². The van der Waals surface area contributed by atoms with Gasteiger partial charge in [0.2, 0.25) is 0 Å². The van der Waals surface area contributed by atoms with Gasteiger partial charge < -0.3 is 5.32 Å². The summed E-state index contributed by atoms with van der Waals surface area (Å²) < 4.78 is 0. The van der Waals surface area contributed by atoms with Crippen LogP contribution in [0.5, 0.6) is 0 Å². The van der Waals surface area contributed by atoms with E-state index in [1.54, 1.807) is 0 Å². The molecule has 1 aromatic heterocycles. The largest absolute Gasteiger partial charge is 0.342 e. The van der Waals surface area contributed by atoms with Gasteiger partial charge in [-0.15, -0.1) is 0 Å². The molecule has 1 aliphatic carbocycles. The van der Waals surface area contributed by atoms with Crippen LogP contribution in [0.1, 0.15) is 49.3 Å². The van der Waals surface area contributed by atoms with Crippen molar-refractivity contribution in [3.05, 3.63) is 82.6 Å². The molecule has 0 amide bonds. The van der Waals surface area contributed by atoms with Crippen LogP contribution in [-0.2, 0) is 4.79 Å². The molecule has 4 nitrogen and oxygen atoms in total. The second-order valence-electron chi connectivity index (χ2n) is 9.03. The van der Waals surface area contributed by atoms with Crippen molar-refractivity contribution in [3.63, 3.8) is 0 Å². The molecule has 1 aliphatic heterocycles. The monoisotopic (exact) mass is 383 g/mol. The number of anilines is 1. The summed E-state index contributed by atoms with van der Waals surface area (Å²) in [5.74, 6) is 0.957. The van der Waals surface area contributed by atoms with Gasteiger partial charge in [-0.25, -0.2) is 0 Å². The zero-order chi connectivity index (χ0) is 20.2. The van der Waals surface area contributed by atoms with Crippen molar-refractivity contribution in [2.75, 3.05) is 5.32 Å². The number of aromatic amines is 1. The molecule has 0 spiro atoms. The van der Waals surface area contributed by atoms with Crippen molar-refractivity contribution >= 4 is 11.6 Å². The Morgan fingerprint density at radius 3 is 2.45 bits per heavy atom. The number of nitrogens with one attached hydrogen (secondary N) is 2. The first-order valence-corrected chi connectivity index (χ1v) is 10.2. The molecule has 2 aliphatic rings. The zero-order valence-corrected chi connectivity index (χ0v) is 17.0. The topological polar surface area (TPSA) is 57.8 Å². The van der Waals surface area contributed by atoms with Crippen LogP contribution >= 0.6 is 0 Å². The van der Waals surface area contributed by atoms with Crippen molar-refractivity contribution in [2.24, 2.45) is 5.41 Å². The van der Waals surface area contributed by atoms with Crippen LogP contribution in [0.2, 0.25) is 0 Å². The smallest absolute Gasteiger partial charge is 0.162 e. The lowest BCUT2D eigenvalue weighted by Gasteiger charge is -2.38. The second-order valence-corrected chi connectivity index (χ2v) is 9.03. The number of allylic oxidation sites excluding steroid dienone is 2. The van der Waals surface area contributed by atoms with Gasteiger partial charge in [0, 0.05) is 29.2 Å². The van der Waals surface area contributed by atoms with E-state index in [1.165, 1.54) is 5.56 Å². The standard InChI is InChI=1S/C25H25N3O/c1-15-9-11-16(12-10-15)20-21-18(13-25(2,3)14-19(21)29)26-24-22(20)23(27-28-24)17-7-5-4-6-8-17/h4-12,20H,13-14H2,1-3H3,(H2,26,27,28). The summed E-state index contributed by atoms with van der Waals surface area (Å²) in [4.78, 5) is 13.3. The van der Waals surface area contributed by atoms with Crippen LogP contribution in [0.4, 0.5) is 5.82 Å². The minimum absolute atomic E-state index is 0.0448. The molecule has 2 heterocycles. The highest BCUT2D eigenvalue weighted by Gasteiger charge is 2.42. The third-order valence-corrected chi connectivity index (χ3v) is 6.04. The van der Waals surface area contributed by atoms with Gasteiger partial charge in [0.15, 0.2) is 11.6 Å². The van der Waals surface area contributed by atoms with E-state index >= 15 is 0 Å². The Bertz CT molecular complexity index is 1120. The Morgan fingerprint density at radius 1 is 1.00 bits per heavy atom. The number of Topliss-reactive ketones (excluding diaryl/α,β-unsaturated/α-hetero) is 1. The maximum Gasteiger partial charge on any atom is 0.162 e. The van der Waals surface area contributed by atoms with Gasteiger partial charge in [0.25, 0.3) is 0 Å². The summed E-state index contributed by atoms with van der Waals surface area (Å²) in [6.07, 6.45) is 1.42. The maximum absolute atomic E-state index is 13.3. The maximum atomic E-state index is 13.3. The number of aryl methyl sites for hydroxylation is 1. The van der Waals surface area contributed by atoms with Gasteiger partial charge in [0.05, 0.1) is 5.69 Å². The number of carbonyl (C=O) groups is 1. The molecule has 146 valence electrons. The Balaban J connectivity index is 1.74. The summed E-state index contributed by atoms with van der Waals surface area (Å²) in [7, 11) is 0. The molecule has 0 radical (unpaired) electrons. The van der Waals surface area contributed by atoms with E-state index in [9.17, 15) is 4.79 Å². The molecule has 0 saturated carbocycles. The highest BCUT2D eigenvalue weighted by atomic mass is 16.1. The molecule has 0 bridgehead atoms. The van der Waals surface area contributed by atoms with Crippen molar-refractivity contribution in [2.45, 2.75) is 39.5 Å². The van der Waals surface area contributed by atoms with Crippen LogP contribution < -0.4 is 5.32 Å². The van der Waals surface area contributed by atoms with Crippen molar-refractivity contribution in [1.29, 1.82) is 0 Å². The summed E-state index contributed by atoms with van der Waals surface area (Å²) >= 11 is 0. The third kappa shape index (κ3) is 3.00. The number of H-pyrrole nitrogens is 1. The van der Waals surface area contributed by atoms with Gasteiger partial charge in [-0.1, -0.05) is 74.0 Å². The lowest BCUT2D eigenvalue weighted by atomic mass is 9.69. The highest BCUT2D eigenvalue weighted by molar-refractivity contribution is 6.02. The lowest BCUT2D eigenvalue weighted by molar-refractivity contribution is -0.118. The predicted molar refractivity (Wildman–Crippen MR) is 116 cm³/mol. The molecule has 0 saturated heterocycles. The highest BCUT2D eigenvalue weighted by Crippen LogP contribution is 2.50. The molecular weight excluding hydrogens is 358 g/mol. The summed E-state index contributed by atoms with van der Waals surface area (Å²) in [5, 5.41) is 11.3. The first-order valence-electron chi connectivity index (χ1n) is 10.2. The Morgan fingerprint density at radius 2 is 1.72 bits per heavy atom. The number of hydrogen-bond acceptors (Lipinski definition) is 3. The third-order valence-electron chi connectivity index (χ3n) is 6.04. The molecule has 1 atom stereocenters. The molecule has 29 heavy (non-hydrogen) atoms. The predicted octanol–water partition coefficient (Wildman–Crippen LogP) is 5.59. The molecule has 2 aromatic carbocycles. The number of rotatable bonds is 2. The normalized spacial score (nSPS) is 20.1. The zero-order valence-electron chi connectivity index (χ0n) is 17.0. The van der Waals surface area contributed by atoms with Crippen LogP contribution in [0.15, 0.2) is 65.9 Å². The number of benzene rings is 2. The van der Waals surface area contributed by atoms with Gasteiger partial charge >= 0.3 is 0 Å². The van der Waals surface area contributed by atoms with Gasteiger partial charge in [-0.3, -0.25) is 9.89 Å². The van der Waals surface area contributed by atoms with Crippen LogP contribution in [-0.4, -0.2) is 16.0 Å². The molecule has 0 fully saturated rings. The minimum Gasteiger partial charge on any atom is -0.342 e. The van der Waals surface area contributed by atoms with E-state index in [4.69, 9.17) is 0 Å². The summed E-state index contributed by atoms with van der Waals surface area (Å²) in [6, 6.07) is 18.8. The van der Waals surface area contributed by atoms with Crippen molar-refractivity contribution < 1.29 is 4.79 Å². The molecule has 4 heteroatoms. The van der Waals surface area contributed by atoms with Crippen molar-refractivity contribution in [3.8, 4) is 11.3 Å². The minimum atomic E-state index is -0.112. The average molecular weight is 383 g/mol. The van der Waals surface area contributed by atoms with E-state index in [-0.39, 0.29) is 17.1 Å². The van der Waals surface area contributed by atoms with Crippen molar-refractivity contribution in [1.82, 2.24) is 10.2 Å². The Labute approximate surface area is 171 Å². The summed E-state index contributed by atoms with van der Waals surface area (Å²) in [5.41, 5.74) is 7.34. The number of hydrogen-bond donors (Lipinski definition) is 2. The van der Waals surface area contributed by atoms with E-state index < -0.39 is 0 Å². The molecular formula is C25H25N3O. The van der Waals surface area contributed by atoms with Crippen LogP contribution in [0.25, 0.3) is 11.3 Å². The number of ketones is 1. The lowest BCUT2D eigenvalue weighted by Crippen LogP contribution is -2.33. The van der Waals surface area contributed by atoms with Gasteiger partial charge in [-0.2, -0.15) is 5.10 Å². The quantitative estimate of drug-likeness (QED) is 0.607.